The summed E-state index contributed by atoms with van der Waals surface area (Å²) >= 11 is 0.694. The first kappa shape index (κ1) is 19.6. The third-order valence-electron chi connectivity index (χ3n) is 4.44. The summed E-state index contributed by atoms with van der Waals surface area (Å²) in [6.45, 7) is 2.62. The average molecular weight is 412 g/mol. The van der Waals surface area contributed by atoms with Crippen molar-refractivity contribution in [2.75, 3.05) is 33.3 Å². The molecule has 1 aromatic carbocycles. The van der Waals surface area contributed by atoms with Crippen LogP contribution < -0.4 is 9.61 Å². The standard InChI is InChI=1S/C17H21N3O5S2/c1-12-16(26-17(22)18-12)27(23,24)20-8-6-19(7-9-20)15(21)11-13-4-3-5-14(10-13)25-2/h3-5,10H,6-9,11H2,1-2H3,(H,18,22). The number of sulfonamides is 1. The van der Waals surface area contributed by atoms with Gasteiger partial charge in [0, 0.05) is 31.9 Å². The molecule has 0 aliphatic carbocycles. The van der Waals surface area contributed by atoms with Gasteiger partial charge in [-0.3, -0.25) is 9.59 Å². The van der Waals surface area contributed by atoms with Gasteiger partial charge in [-0.2, -0.15) is 4.31 Å². The van der Waals surface area contributed by atoms with E-state index in [0.29, 0.717) is 35.9 Å². The fourth-order valence-corrected chi connectivity index (χ4v) is 5.86. The highest BCUT2D eigenvalue weighted by Crippen LogP contribution is 2.22. The van der Waals surface area contributed by atoms with Gasteiger partial charge in [0.25, 0.3) is 10.0 Å². The Balaban J connectivity index is 1.63. The second kappa shape index (κ2) is 7.83. The molecule has 1 aliphatic heterocycles. The molecule has 1 fully saturated rings. The summed E-state index contributed by atoms with van der Waals surface area (Å²) in [7, 11) is -2.15. The normalized spacial score (nSPS) is 15.7. The number of nitrogens with zero attached hydrogens (tertiary/aromatic N) is 2. The minimum Gasteiger partial charge on any atom is -0.497 e. The number of benzene rings is 1. The molecular formula is C17H21N3O5S2. The Morgan fingerprint density at radius 3 is 2.56 bits per heavy atom. The summed E-state index contributed by atoms with van der Waals surface area (Å²) in [6.07, 6.45) is 0.239. The molecule has 10 heteroatoms. The zero-order valence-electron chi connectivity index (χ0n) is 15.1. The van der Waals surface area contributed by atoms with Gasteiger partial charge in [-0.15, -0.1) is 0 Å². The van der Waals surface area contributed by atoms with E-state index < -0.39 is 14.9 Å². The van der Waals surface area contributed by atoms with Gasteiger partial charge in [-0.05, 0) is 24.6 Å². The minimum atomic E-state index is -3.72. The third kappa shape index (κ3) is 4.23. The van der Waals surface area contributed by atoms with Crippen LogP contribution in [0.15, 0.2) is 33.3 Å². The van der Waals surface area contributed by atoms with E-state index in [1.807, 2.05) is 24.3 Å². The molecule has 146 valence electrons. The number of rotatable bonds is 5. The Hall–Kier alpha value is -2.17. The molecule has 0 unspecified atom stereocenters. The lowest BCUT2D eigenvalue weighted by molar-refractivity contribution is -0.131. The average Bonchev–Trinajstić information content (AvgIpc) is 3.01. The number of carbonyl (C=O) groups is 1. The maximum absolute atomic E-state index is 12.7. The molecule has 27 heavy (non-hydrogen) atoms. The largest absolute Gasteiger partial charge is 0.497 e. The van der Waals surface area contributed by atoms with E-state index in [9.17, 15) is 18.0 Å². The molecule has 1 aliphatic rings. The van der Waals surface area contributed by atoms with Crippen molar-refractivity contribution in [2.45, 2.75) is 17.6 Å². The number of aryl methyl sites for hydroxylation is 1. The zero-order chi connectivity index (χ0) is 19.6. The van der Waals surface area contributed by atoms with Crippen molar-refractivity contribution < 1.29 is 17.9 Å². The number of nitrogens with one attached hydrogen (secondary N) is 1. The predicted octanol–water partition coefficient (Wildman–Crippen LogP) is 0.829. The third-order valence-corrected chi connectivity index (χ3v) is 7.92. The van der Waals surface area contributed by atoms with Gasteiger partial charge >= 0.3 is 4.87 Å². The van der Waals surface area contributed by atoms with Crippen LogP contribution in [0.4, 0.5) is 0 Å². The highest BCUT2D eigenvalue weighted by molar-refractivity contribution is 7.91. The molecule has 0 atom stereocenters. The van der Waals surface area contributed by atoms with E-state index in [4.69, 9.17) is 4.74 Å². The molecule has 8 nitrogen and oxygen atoms in total. The molecule has 1 aromatic heterocycles. The summed E-state index contributed by atoms with van der Waals surface area (Å²) in [5.41, 5.74) is 1.20. The molecule has 0 spiro atoms. The minimum absolute atomic E-state index is 0.0451. The Bertz CT molecular complexity index is 988. The second-order valence-corrected chi connectivity index (χ2v) is 9.36. The number of hydrogen-bond acceptors (Lipinski definition) is 6. The number of carbonyl (C=O) groups excluding carboxylic acids is 1. The van der Waals surface area contributed by atoms with Crippen LogP contribution in [0.2, 0.25) is 0 Å². The number of piperazine rings is 1. The van der Waals surface area contributed by atoms with Crippen LogP contribution in [0.25, 0.3) is 0 Å². The lowest BCUT2D eigenvalue weighted by Crippen LogP contribution is -2.50. The van der Waals surface area contributed by atoms with E-state index >= 15 is 0 Å². The lowest BCUT2D eigenvalue weighted by Gasteiger charge is -2.33. The van der Waals surface area contributed by atoms with E-state index in [-0.39, 0.29) is 29.6 Å². The fourth-order valence-electron chi connectivity index (χ4n) is 3.00. The van der Waals surface area contributed by atoms with Crippen molar-refractivity contribution in [3.05, 3.63) is 45.2 Å². The van der Waals surface area contributed by atoms with Crippen molar-refractivity contribution in [3.8, 4) is 5.75 Å². The van der Waals surface area contributed by atoms with E-state index in [1.165, 1.54) is 4.31 Å². The number of amides is 1. The zero-order valence-corrected chi connectivity index (χ0v) is 16.7. The Morgan fingerprint density at radius 2 is 1.96 bits per heavy atom. The van der Waals surface area contributed by atoms with Gasteiger partial charge in [0.2, 0.25) is 5.91 Å². The molecule has 1 saturated heterocycles. The topological polar surface area (TPSA) is 99.8 Å². The SMILES string of the molecule is COc1cccc(CC(=O)N2CCN(S(=O)(=O)c3sc(=O)[nH]c3C)CC2)c1. The van der Waals surface area contributed by atoms with Crippen molar-refractivity contribution in [1.29, 1.82) is 0 Å². The summed E-state index contributed by atoms with van der Waals surface area (Å²) < 4.78 is 32.0. The van der Waals surface area contributed by atoms with Gasteiger partial charge in [0.15, 0.2) is 4.21 Å². The molecular weight excluding hydrogens is 390 g/mol. The number of hydrogen-bond donors (Lipinski definition) is 1. The number of ether oxygens (including phenoxy) is 1. The summed E-state index contributed by atoms with van der Waals surface area (Å²) in [5.74, 6) is 0.639. The predicted molar refractivity (Wildman–Crippen MR) is 102 cm³/mol. The van der Waals surface area contributed by atoms with E-state index in [1.54, 1.807) is 18.9 Å². The number of methoxy groups -OCH3 is 1. The van der Waals surface area contributed by atoms with Crippen LogP contribution in [0.5, 0.6) is 5.75 Å². The Morgan fingerprint density at radius 1 is 1.26 bits per heavy atom. The van der Waals surface area contributed by atoms with Crippen LogP contribution in [-0.4, -0.2) is 61.8 Å². The van der Waals surface area contributed by atoms with Crippen molar-refractivity contribution in [2.24, 2.45) is 0 Å². The molecule has 0 saturated carbocycles. The lowest BCUT2D eigenvalue weighted by atomic mass is 10.1. The van der Waals surface area contributed by atoms with Gasteiger partial charge in [0.05, 0.1) is 13.5 Å². The molecule has 1 N–H and O–H groups in total. The van der Waals surface area contributed by atoms with Gasteiger partial charge < -0.3 is 14.6 Å². The number of aromatic amines is 1. The molecule has 1 amide bonds. The second-order valence-electron chi connectivity index (χ2n) is 6.24. The first-order valence-electron chi connectivity index (χ1n) is 8.42. The summed E-state index contributed by atoms with van der Waals surface area (Å²) in [4.78, 5) is 27.7. The fraction of sp³-hybridized carbons (Fsp3) is 0.412. The Labute approximate surface area is 161 Å². The van der Waals surface area contributed by atoms with Crippen LogP contribution in [0, 0.1) is 6.92 Å². The van der Waals surface area contributed by atoms with Gasteiger partial charge in [-0.25, -0.2) is 8.42 Å². The maximum atomic E-state index is 12.7. The number of thiazole rings is 1. The smallest absolute Gasteiger partial charge is 0.305 e. The van der Waals surface area contributed by atoms with Crippen LogP contribution in [0.3, 0.4) is 0 Å². The van der Waals surface area contributed by atoms with Crippen LogP contribution in [0.1, 0.15) is 11.3 Å². The number of aromatic nitrogens is 1. The van der Waals surface area contributed by atoms with Crippen molar-refractivity contribution in [1.82, 2.24) is 14.2 Å². The van der Waals surface area contributed by atoms with E-state index in [0.717, 1.165) is 5.56 Å². The first-order chi connectivity index (χ1) is 12.8. The van der Waals surface area contributed by atoms with Gasteiger partial charge in [0.1, 0.15) is 5.75 Å². The monoisotopic (exact) mass is 411 g/mol. The summed E-state index contributed by atoms with van der Waals surface area (Å²) in [6, 6.07) is 7.32. The molecule has 3 rings (SSSR count). The first-order valence-corrected chi connectivity index (χ1v) is 10.7. The van der Waals surface area contributed by atoms with Crippen molar-refractivity contribution in [3.63, 3.8) is 0 Å². The molecule has 0 bridgehead atoms. The molecule has 2 aromatic rings. The highest BCUT2D eigenvalue weighted by Gasteiger charge is 2.32. The quantitative estimate of drug-likeness (QED) is 0.786. The summed E-state index contributed by atoms with van der Waals surface area (Å²) in [5, 5.41) is 0. The van der Waals surface area contributed by atoms with Crippen LogP contribution in [-0.2, 0) is 21.2 Å². The van der Waals surface area contributed by atoms with Gasteiger partial charge in [-0.1, -0.05) is 23.5 Å². The molecule has 2 heterocycles. The van der Waals surface area contributed by atoms with E-state index in [2.05, 4.69) is 4.98 Å². The number of H-pyrrole nitrogens is 1. The Kier molecular flexibility index (Phi) is 5.68. The highest BCUT2D eigenvalue weighted by atomic mass is 32.2. The van der Waals surface area contributed by atoms with Crippen molar-refractivity contribution >= 4 is 27.3 Å². The molecule has 0 radical (unpaired) electrons. The maximum Gasteiger partial charge on any atom is 0.305 e. The van der Waals surface area contributed by atoms with Crippen LogP contribution >= 0.6 is 11.3 Å².